The maximum absolute atomic E-state index is 12.6. The van der Waals surface area contributed by atoms with Gasteiger partial charge in [0.05, 0.1) is 5.56 Å². The van der Waals surface area contributed by atoms with E-state index in [1.165, 1.54) is 51.1 Å². The molecule has 0 fully saturated rings. The lowest BCUT2D eigenvalue weighted by atomic mass is 10.1. The van der Waals surface area contributed by atoms with Gasteiger partial charge >= 0.3 is 17.9 Å². The number of esters is 3. The quantitative estimate of drug-likeness (QED) is 0.160. The molecule has 0 unspecified atom stereocenters. The van der Waals surface area contributed by atoms with Gasteiger partial charge in [-0.2, -0.15) is 15.8 Å². The van der Waals surface area contributed by atoms with Gasteiger partial charge in [0.15, 0.2) is 28.7 Å². The summed E-state index contributed by atoms with van der Waals surface area (Å²) < 4.78 is 27.6. The Morgan fingerprint density at radius 2 is 1.16 bits per heavy atom. The van der Waals surface area contributed by atoms with Crippen LogP contribution < -0.4 is 23.7 Å². The summed E-state index contributed by atoms with van der Waals surface area (Å²) in [6.45, 7) is 14.7. The second kappa shape index (κ2) is 13.9. The first-order valence-corrected chi connectivity index (χ1v) is 12.7. The number of ether oxygens (including phenoxy) is 5. The number of benzene rings is 3. The Morgan fingerprint density at radius 1 is 0.644 bits per heavy atom. The van der Waals surface area contributed by atoms with Crippen molar-refractivity contribution in [2.75, 3.05) is 0 Å². The molecular weight excluding hydrogens is 582 g/mol. The van der Waals surface area contributed by atoms with Gasteiger partial charge in [0, 0.05) is 28.9 Å². The molecule has 0 aliphatic heterocycles. The van der Waals surface area contributed by atoms with E-state index < -0.39 is 35.0 Å². The fraction of sp³-hybridized carbons (Fsp3) is 0.0909. The van der Waals surface area contributed by atoms with Crippen LogP contribution in [0, 0.1) is 34.0 Å². The first kappa shape index (κ1) is 32.7. The van der Waals surface area contributed by atoms with Crippen LogP contribution in [-0.4, -0.2) is 23.0 Å². The predicted molar refractivity (Wildman–Crippen MR) is 157 cm³/mol. The Morgan fingerprint density at radius 3 is 1.71 bits per heavy atom. The van der Waals surface area contributed by atoms with E-state index in [2.05, 4.69) is 19.7 Å². The molecule has 0 saturated carbocycles. The summed E-state index contributed by atoms with van der Waals surface area (Å²) in [4.78, 5) is 36.9. The topological polar surface area (TPSA) is 189 Å². The van der Waals surface area contributed by atoms with Gasteiger partial charge in [0.2, 0.25) is 0 Å². The number of para-hydroxylation sites is 1. The Bertz CT molecular complexity index is 1920. The average Bonchev–Trinajstić information content (AvgIpc) is 2.98. The molecule has 12 heteroatoms. The molecule has 0 saturated heterocycles. The minimum absolute atomic E-state index is 0.0394. The van der Waals surface area contributed by atoms with Crippen molar-refractivity contribution in [1.82, 2.24) is 0 Å². The number of nitrogens with zero attached hydrogens (tertiary/aromatic N) is 3. The standard InChI is InChI=1S/C33H23N3O9/c1-17(2)31(38)41-21-12-24(37)22(15-35)28(13-21)42-25-10-11-27(30(23(25)16-36)45-33(40)19(5)6)43-26-9-7-8-20(14-34)29(26)44-32(39)18(3)4/h7-13,37H,1,3,5H2,2,4,6H3. The zero-order chi connectivity index (χ0) is 33.4. The SMILES string of the molecule is C=C(C)C(=O)Oc1cc(O)c(C#N)c(Oc2ccc(Oc3cccc(C#N)c3OC(=O)C(=C)C)c(OC(=O)C(=C)C)c2C#N)c1. The van der Waals surface area contributed by atoms with Crippen LogP contribution in [0.25, 0.3) is 0 Å². The first-order valence-electron chi connectivity index (χ1n) is 12.7. The zero-order valence-corrected chi connectivity index (χ0v) is 24.2. The molecule has 0 spiro atoms. The number of hydrogen-bond acceptors (Lipinski definition) is 12. The maximum atomic E-state index is 12.6. The summed E-state index contributed by atoms with van der Waals surface area (Å²) in [5.41, 5.74) is -0.787. The summed E-state index contributed by atoms with van der Waals surface area (Å²) in [7, 11) is 0. The second-order valence-electron chi connectivity index (χ2n) is 9.26. The van der Waals surface area contributed by atoms with E-state index in [1.807, 2.05) is 12.1 Å². The molecule has 0 aliphatic carbocycles. The van der Waals surface area contributed by atoms with Crippen molar-refractivity contribution < 1.29 is 43.2 Å². The number of aromatic hydroxyl groups is 1. The highest BCUT2D eigenvalue weighted by Gasteiger charge is 2.25. The van der Waals surface area contributed by atoms with Crippen LogP contribution in [0.3, 0.4) is 0 Å². The van der Waals surface area contributed by atoms with Gasteiger partial charge in [-0.1, -0.05) is 25.8 Å². The lowest BCUT2D eigenvalue weighted by Crippen LogP contribution is -2.12. The molecule has 0 aliphatic rings. The lowest BCUT2D eigenvalue weighted by Gasteiger charge is -2.18. The summed E-state index contributed by atoms with van der Waals surface area (Å²) in [6.07, 6.45) is 0. The van der Waals surface area contributed by atoms with E-state index in [-0.39, 0.29) is 62.3 Å². The molecule has 12 nitrogen and oxygen atoms in total. The van der Waals surface area contributed by atoms with E-state index in [0.29, 0.717) is 0 Å². The summed E-state index contributed by atoms with van der Waals surface area (Å²) in [6, 6.07) is 14.3. The van der Waals surface area contributed by atoms with E-state index in [0.717, 1.165) is 12.1 Å². The normalized spacial score (nSPS) is 9.78. The fourth-order valence-electron chi connectivity index (χ4n) is 3.33. The van der Waals surface area contributed by atoms with Crippen LogP contribution in [0.1, 0.15) is 37.5 Å². The van der Waals surface area contributed by atoms with Gasteiger partial charge in [-0.25, -0.2) is 14.4 Å². The number of phenols is 1. The largest absolute Gasteiger partial charge is 0.506 e. The third kappa shape index (κ3) is 7.52. The molecule has 0 heterocycles. The minimum Gasteiger partial charge on any atom is -0.506 e. The van der Waals surface area contributed by atoms with Crippen LogP contribution in [0.5, 0.6) is 46.0 Å². The smallest absolute Gasteiger partial charge is 0.338 e. The summed E-state index contributed by atoms with van der Waals surface area (Å²) >= 11 is 0. The first-order chi connectivity index (χ1) is 21.3. The molecule has 0 bridgehead atoms. The van der Waals surface area contributed by atoms with Crippen molar-refractivity contribution >= 4 is 17.9 Å². The van der Waals surface area contributed by atoms with Crippen LogP contribution in [0.2, 0.25) is 0 Å². The fourth-order valence-corrected chi connectivity index (χ4v) is 3.33. The number of phenolic OH excluding ortho intramolecular Hbond substituents is 1. The number of rotatable bonds is 10. The molecule has 1 N–H and O–H groups in total. The minimum atomic E-state index is -0.947. The van der Waals surface area contributed by atoms with Gasteiger partial charge in [-0.3, -0.25) is 0 Å². The Balaban J connectivity index is 2.20. The molecule has 0 aromatic heterocycles. The van der Waals surface area contributed by atoms with Crippen molar-refractivity contribution in [3.63, 3.8) is 0 Å². The van der Waals surface area contributed by atoms with Crippen LogP contribution in [0.15, 0.2) is 78.9 Å². The molecular formula is C33H23N3O9. The molecule has 0 amide bonds. The maximum Gasteiger partial charge on any atom is 0.338 e. The molecule has 0 atom stereocenters. The Labute approximate surface area is 257 Å². The van der Waals surface area contributed by atoms with Crippen LogP contribution in [0.4, 0.5) is 0 Å². The van der Waals surface area contributed by atoms with Crippen molar-refractivity contribution in [2.45, 2.75) is 20.8 Å². The third-order valence-electron chi connectivity index (χ3n) is 5.55. The summed E-state index contributed by atoms with van der Waals surface area (Å²) in [5.74, 6) is -5.11. The number of carbonyl (C=O) groups is 3. The third-order valence-corrected chi connectivity index (χ3v) is 5.55. The van der Waals surface area contributed by atoms with Crippen molar-refractivity contribution in [1.29, 1.82) is 15.8 Å². The lowest BCUT2D eigenvalue weighted by molar-refractivity contribution is -0.131. The van der Waals surface area contributed by atoms with Crippen molar-refractivity contribution in [3.05, 3.63) is 95.6 Å². The molecule has 224 valence electrons. The van der Waals surface area contributed by atoms with Gasteiger partial charge in [0.25, 0.3) is 0 Å². The van der Waals surface area contributed by atoms with E-state index >= 15 is 0 Å². The van der Waals surface area contributed by atoms with E-state index in [9.17, 15) is 35.3 Å². The zero-order valence-electron chi connectivity index (χ0n) is 24.2. The number of carbonyl (C=O) groups excluding carboxylic acids is 3. The molecule has 3 aromatic rings. The monoisotopic (exact) mass is 605 g/mol. The van der Waals surface area contributed by atoms with Gasteiger partial charge in [0.1, 0.15) is 46.6 Å². The van der Waals surface area contributed by atoms with Crippen LogP contribution in [-0.2, 0) is 14.4 Å². The molecule has 3 rings (SSSR count). The van der Waals surface area contributed by atoms with Crippen molar-refractivity contribution in [2.24, 2.45) is 0 Å². The molecule has 3 aromatic carbocycles. The Hall–Kier alpha value is -6.84. The average molecular weight is 606 g/mol. The number of hydrogen-bond donors (Lipinski definition) is 1. The van der Waals surface area contributed by atoms with E-state index in [1.54, 1.807) is 6.07 Å². The molecule has 45 heavy (non-hydrogen) atoms. The van der Waals surface area contributed by atoms with Crippen LogP contribution >= 0.6 is 0 Å². The highest BCUT2D eigenvalue weighted by Crippen LogP contribution is 2.45. The number of nitriles is 3. The highest BCUT2D eigenvalue weighted by atomic mass is 16.6. The predicted octanol–water partition coefficient (Wildman–Crippen LogP) is 6.04. The Kier molecular flexibility index (Phi) is 10.1. The van der Waals surface area contributed by atoms with Gasteiger partial charge in [-0.15, -0.1) is 0 Å². The van der Waals surface area contributed by atoms with Crippen molar-refractivity contribution in [3.8, 4) is 64.2 Å². The van der Waals surface area contributed by atoms with Gasteiger partial charge < -0.3 is 28.8 Å². The molecule has 0 radical (unpaired) electrons. The summed E-state index contributed by atoms with van der Waals surface area (Å²) in [5, 5.41) is 39.7. The highest BCUT2D eigenvalue weighted by molar-refractivity contribution is 5.91. The van der Waals surface area contributed by atoms with Gasteiger partial charge in [-0.05, 0) is 45.0 Å². The second-order valence-corrected chi connectivity index (χ2v) is 9.26. The van der Waals surface area contributed by atoms with E-state index in [4.69, 9.17) is 23.7 Å².